The highest BCUT2D eigenvalue weighted by atomic mass is 32.2. The third-order valence-corrected chi connectivity index (χ3v) is 7.35. The molecule has 2 aromatic rings. The molecule has 0 amide bonds. The summed E-state index contributed by atoms with van der Waals surface area (Å²) in [5.74, 6) is -2.16. The van der Waals surface area contributed by atoms with Gasteiger partial charge in [0, 0.05) is 47.2 Å². The van der Waals surface area contributed by atoms with Crippen LogP contribution in [0, 0.1) is 16.0 Å². The van der Waals surface area contributed by atoms with Crippen molar-refractivity contribution in [3.63, 3.8) is 0 Å². The van der Waals surface area contributed by atoms with Gasteiger partial charge in [-0.25, -0.2) is 4.79 Å². The number of rotatable bonds is 12. The number of ether oxygens (including phenoxy) is 3. The Morgan fingerprint density at radius 1 is 1.08 bits per heavy atom. The number of nitrogens with zero attached hydrogens (tertiary/aromatic N) is 2. The molecule has 0 N–H and O–H groups in total. The van der Waals surface area contributed by atoms with Gasteiger partial charge in [0.25, 0.3) is 5.69 Å². The molecule has 0 aromatic heterocycles. The van der Waals surface area contributed by atoms with E-state index in [0.29, 0.717) is 30.0 Å². The van der Waals surface area contributed by atoms with E-state index in [1.165, 1.54) is 30.9 Å². The summed E-state index contributed by atoms with van der Waals surface area (Å²) in [6.07, 6.45) is 1.49. The number of non-ortho nitro benzene ring substituents is 1. The van der Waals surface area contributed by atoms with Crippen molar-refractivity contribution in [2.24, 2.45) is 10.9 Å². The van der Waals surface area contributed by atoms with Gasteiger partial charge in [-0.1, -0.05) is 24.3 Å². The van der Waals surface area contributed by atoms with Crippen molar-refractivity contribution in [2.45, 2.75) is 37.5 Å². The Morgan fingerprint density at radius 2 is 1.82 bits per heavy atom. The molecular weight excluding hydrogens is 508 g/mol. The van der Waals surface area contributed by atoms with Crippen LogP contribution in [0.2, 0.25) is 0 Å². The lowest BCUT2D eigenvalue weighted by atomic mass is 9.75. The molecule has 2 aromatic carbocycles. The molecule has 2 atom stereocenters. The Balaban J connectivity index is 1.70. The van der Waals surface area contributed by atoms with Crippen molar-refractivity contribution in [1.29, 1.82) is 0 Å². The van der Waals surface area contributed by atoms with E-state index in [2.05, 4.69) is 29.3 Å². The van der Waals surface area contributed by atoms with Crippen LogP contribution < -0.4 is 0 Å². The van der Waals surface area contributed by atoms with E-state index in [4.69, 9.17) is 14.2 Å². The predicted octanol–water partition coefficient (Wildman–Crippen LogP) is 5.13. The highest BCUT2D eigenvalue weighted by Crippen LogP contribution is 2.41. The van der Waals surface area contributed by atoms with Gasteiger partial charge in [-0.3, -0.25) is 19.9 Å². The molecule has 1 heterocycles. The van der Waals surface area contributed by atoms with E-state index in [0.717, 1.165) is 17.1 Å². The number of allylic oxidation sites excluding steroid dienone is 1. The molecule has 0 fully saturated rings. The highest BCUT2D eigenvalue weighted by Gasteiger charge is 2.42. The van der Waals surface area contributed by atoms with Crippen LogP contribution in [0.3, 0.4) is 0 Å². The molecule has 0 spiro atoms. The molecule has 38 heavy (non-hydrogen) atoms. The molecular formula is C28H32N2O7S. The number of carbonyl (C=O) groups is 2. The van der Waals surface area contributed by atoms with Crippen molar-refractivity contribution in [3.05, 3.63) is 81.0 Å². The molecule has 2 unspecified atom stereocenters. The number of hydrogen-bond acceptors (Lipinski definition) is 9. The zero-order valence-corrected chi connectivity index (χ0v) is 22.8. The van der Waals surface area contributed by atoms with Gasteiger partial charge in [0.05, 0.1) is 30.8 Å². The molecule has 0 aliphatic carbocycles. The van der Waals surface area contributed by atoms with Crippen LogP contribution in [0.25, 0.3) is 0 Å². The van der Waals surface area contributed by atoms with Crippen molar-refractivity contribution in [3.8, 4) is 0 Å². The molecule has 202 valence electrons. The van der Waals surface area contributed by atoms with Crippen molar-refractivity contribution >= 4 is 35.1 Å². The van der Waals surface area contributed by atoms with Crippen LogP contribution in [-0.2, 0) is 30.2 Å². The first-order chi connectivity index (χ1) is 18.3. The summed E-state index contributed by atoms with van der Waals surface area (Å²) in [5.41, 5.74) is 2.59. The quantitative estimate of drug-likeness (QED) is 0.120. The monoisotopic (exact) mass is 540 g/mol. The lowest BCUT2D eigenvalue weighted by Gasteiger charge is -2.31. The van der Waals surface area contributed by atoms with Crippen LogP contribution in [-0.4, -0.2) is 55.8 Å². The van der Waals surface area contributed by atoms with Gasteiger partial charge >= 0.3 is 11.9 Å². The lowest BCUT2D eigenvalue weighted by molar-refractivity contribution is -0.384. The van der Waals surface area contributed by atoms with Crippen LogP contribution in [0.5, 0.6) is 0 Å². The summed E-state index contributed by atoms with van der Waals surface area (Å²) < 4.78 is 15.7. The van der Waals surface area contributed by atoms with E-state index in [1.54, 1.807) is 38.8 Å². The average molecular weight is 541 g/mol. The number of thioether (sulfide) groups is 1. The van der Waals surface area contributed by atoms with Crippen LogP contribution in [0.4, 0.5) is 5.69 Å². The van der Waals surface area contributed by atoms with E-state index in [-0.39, 0.29) is 17.9 Å². The smallest absolute Gasteiger partial charge is 0.336 e. The summed E-state index contributed by atoms with van der Waals surface area (Å²) in [4.78, 5) is 42.5. The normalized spacial score (nSPS) is 17.1. The minimum absolute atomic E-state index is 0.139. The fraction of sp³-hybridized carbons (Fsp3) is 0.393. The van der Waals surface area contributed by atoms with Gasteiger partial charge < -0.3 is 14.2 Å². The second-order valence-corrected chi connectivity index (χ2v) is 9.98. The maximum atomic E-state index is 13.3. The number of benzene rings is 2. The van der Waals surface area contributed by atoms with E-state index in [9.17, 15) is 19.7 Å². The third kappa shape index (κ3) is 7.29. The van der Waals surface area contributed by atoms with Gasteiger partial charge in [-0.15, -0.1) is 11.8 Å². The van der Waals surface area contributed by atoms with Crippen LogP contribution in [0.15, 0.2) is 69.7 Å². The predicted molar refractivity (Wildman–Crippen MR) is 145 cm³/mol. The molecule has 0 saturated carbocycles. The number of methoxy groups -OCH3 is 2. The first kappa shape index (κ1) is 29.1. The maximum absolute atomic E-state index is 13.3. The molecule has 0 bridgehead atoms. The first-order valence-corrected chi connectivity index (χ1v) is 13.2. The zero-order chi connectivity index (χ0) is 27.7. The highest BCUT2D eigenvalue weighted by molar-refractivity contribution is 7.99. The lowest BCUT2D eigenvalue weighted by Crippen LogP contribution is -2.36. The molecule has 3 rings (SSSR count). The van der Waals surface area contributed by atoms with Gasteiger partial charge in [0.2, 0.25) is 0 Å². The largest absolute Gasteiger partial charge is 0.468 e. The van der Waals surface area contributed by atoms with Gasteiger partial charge in [0.1, 0.15) is 5.92 Å². The average Bonchev–Trinajstić information content (AvgIpc) is 2.91. The van der Waals surface area contributed by atoms with Crippen LogP contribution in [0.1, 0.15) is 37.3 Å². The first-order valence-electron chi connectivity index (χ1n) is 12.2. The maximum Gasteiger partial charge on any atom is 0.336 e. The van der Waals surface area contributed by atoms with E-state index < -0.39 is 28.7 Å². The minimum atomic E-state index is -0.907. The number of nitro benzene ring substituents is 1. The SMILES string of the molecule is COCCc1ccc(SCCCOC(=O)C2=C(C)N=C(C)C(C(=O)OC)C2c2cccc([N+](=O)[O-])c2)cc1. The van der Waals surface area contributed by atoms with Crippen molar-refractivity contribution < 1.29 is 28.7 Å². The molecule has 9 nitrogen and oxygen atoms in total. The third-order valence-electron chi connectivity index (χ3n) is 6.25. The summed E-state index contributed by atoms with van der Waals surface area (Å²) in [6.45, 7) is 4.21. The fourth-order valence-corrected chi connectivity index (χ4v) is 5.22. The Morgan fingerprint density at radius 3 is 2.47 bits per heavy atom. The van der Waals surface area contributed by atoms with E-state index >= 15 is 0 Å². The molecule has 0 radical (unpaired) electrons. The number of esters is 2. The summed E-state index contributed by atoms with van der Waals surface area (Å²) in [5, 5.41) is 11.4. The van der Waals surface area contributed by atoms with Crippen LogP contribution >= 0.6 is 11.8 Å². The Labute approximate surface area is 226 Å². The number of carbonyl (C=O) groups excluding carboxylic acids is 2. The summed E-state index contributed by atoms with van der Waals surface area (Å²) in [7, 11) is 2.94. The number of nitro groups is 1. The second-order valence-electron chi connectivity index (χ2n) is 8.81. The Kier molecular flexibility index (Phi) is 10.6. The number of hydrogen-bond donors (Lipinski definition) is 0. The topological polar surface area (TPSA) is 117 Å². The molecule has 1 aliphatic heterocycles. The zero-order valence-electron chi connectivity index (χ0n) is 22.0. The van der Waals surface area contributed by atoms with Gasteiger partial charge in [-0.05, 0) is 49.9 Å². The standard InChI is InChI=1S/C28H32N2O7S/c1-18-24(27(31)36-4)26(21-7-5-8-22(17-21)30(33)34)25(19(2)29-18)28(32)37-14-6-16-38-23-11-9-20(10-12-23)13-15-35-3/h5,7-12,17,24,26H,6,13-16H2,1-4H3. The molecule has 10 heteroatoms. The molecule has 0 saturated heterocycles. The molecule has 1 aliphatic rings. The number of aliphatic imine (C=N–C) groups is 1. The van der Waals surface area contributed by atoms with Crippen molar-refractivity contribution in [1.82, 2.24) is 0 Å². The fourth-order valence-electron chi connectivity index (χ4n) is 4.39. The summed E-state index contributed by atoms with van der Waals surface area (Å²) >= 11 is 1.67. The Hall–Kier alpha value is -3.50. The Bertz CT molecular complexity index is 1220. The second kappa shape index (κ2) is 13.9. The van der Waals surface area contributed by atoms with Gasteiger partial charge in [0.15, 0.2) is 0 Å². The van der Waals surface area contributed by atoms with E-state index in [1.807, 2.05) is 0 Å². The van der Waals surface area contributed by atoms with Crippen molar-refractivity contribution in [2.75, 3.05) is 33.2 Å². The van der Waals surface area contributed by atoms with Gasteiger partial charge in [-0.2, -0.15) is 0 Å². The summed E-state index contributed by atoms with van der Waals surface area (Å²) in [6, 6.07) is 14.2. The minimum Gasteiger partial charge on any atom is -0.468 e.